The first-order chi connectivity index (χ1) is 8.24. The van der Waals surface area contributed by atoms with Gasteiger partial charge in [0.05, 0.1) is 0 Å². The Hall–Kier alpha value is -1.26. The second-order valence-electron chi connectivity index (χ2n) is 4.30. The highest BCUT2D eigenvalue weighted by molar-refractivity contribution is 7.09. The van der Waals surface area contributed by atoms with E-state index in [0.717, 1.165) is 24.4 Å². The van der Waals surface area contributed by atoms with Crippen molar-refractivity contribution in [2.24, 2.45) is 0 Å². The zero-order chi connectivity index (χ0) is 12.1. The molecular formula is C13H17N3S. The highest BCUT2D eigenvalue weighted by Gasteiger charge is 2.01. The Balaban J connectivity index is 1.93. The lowest BCUT2D eigenvalue weighted by Gasteiger charge is -2.07. The molecule has 2 aromatic heterocycles. The number of nitrogens with one attached hydrogen (secondary N) is 1. The molecule has 0 aliphatic carbocycles. The standard InChI is InChI=1S/C13H17N3S/c1-10(2)14-7-11-8-15-13(16-9-11)6-12-4-3-5-17-12/h3-5,8-10,14H,6-7H2,1-2H3. The zero-order valence-corrected chi connectivity index (χ0v) is 11.0. The second kappa shape index (κ2) is 5.89. The molecule has 4 heteroatoms. The Morgan fingerprint density at radius 2 is 2.06 bits per heavy atom. The average Bonchev–Trinajstić information content (AvgIpc) is 2.81. The van der Waals surface area contributed by atoms with E-state index in [9.17, 15) is 0 Å². The van der Waals surface area contributed by atoms with Crippen LogP contribution in [0.3, 0.4) is 0 Å². The fourth-order valence-electron chi connectivity index (χ4n) is 1.46. The summed E-state index contributed by atoms with van der Waals surface area (Å²) in [6, 6.07) is 4.66. The minimum atomic E-state index is 0.487. The van der Waals surface area contributed by atoms with Gasteiger partial charge < -0.3 is 5.32 Å². The molecule has 90 valence electrons. The van der Waals surface area contributed by atoms with E-state index >= 15 is 0 Å². The molecule has 2 aromatic rings. The molecule has 0 unspecified atom stereocenters. The van der Waals surface area contributed by atoms with Gasteiger partial charge >= 0.3 is 0 Å². The molecule has 0 aromatic carbocycles. The summed E-state index contributed by atoms with van der Waals surface area (Å²) >= 11 is 1.74. The number of hydrogen-bond acceptors (Lipinski definition) is 4. The maximum atomic E-state index is 4.39. The lowest BCUT2D eigenvalue weighted by atomic mass is 10.3. The molecule has 0 bridgehead atoms. The van der Waals surface area contributed by atoms with Gasteiger partial charge in [0.25, 0.3) is 0 Å². The van der Waals surface area contributed by atoms with Crippen molar-refractivity contribution in [3.05, 3.63) is 46.2 Å². The molecular weight excluding hydrogens is 230 g/mol. The van der Waals surface area contributed by atoms with Crippen molar-refractivity contribution in [3.63, 3.8) is 0 Å². The normalized spacial score (nSPS) is 11.0. The Kier molecular flexibility index (Phi) is 4.23. The summed E-state index contributed by atoms with van der Waals surface area (Å²) in [4.78, 5) is 10.1. The van der Waals surface area contributed by atoms with E-state index in [1.54, 1.807) is 11.3 Å². The van der Waals surface area contributed by atoms with Gasteiger partial charge in [-0.25, -0.2) is 9.97 Å². The van der Waals surface area contributed by atoms with Crippen LogP contribution >= 0.6 is 11.3 Å². The Labute approximate surface area is 106 Å². The van der Waals surface area contributed by atoms with Gasteiger partial charge in [-0.2, -0.15) is 0 Å². The van der Waals surface area contributed by atoms with E-state index in [4.69, 9.17) is 0 Å². The predicted molar refractivity (Wildman–Crippen MR) is 71.1 cm³/mol. The van der Waals surface area contributed by atoms with Crippen LogP contribution in [0.5, 0.6) is 0 Å². The van der Waals surface area contributed by atoms with Crippen molar-refractivity contribution < 1.29 is 0 Å². The predicted octanol–water partition coefficient (Wildman–Crippen LogP) is 2.63. The quantitative estimate of drug-likeness (QED) is 0.882. The minimum Gasteiger partial charge on any atom is -0.310 e. The van der Waals surface area contributed by atoms with Crippen molar-refractivity contribution in [3.8, 4) is 0 Å². The molecule has 3 nitrogen and oxygen atoms in total. The number of hydrogen-bond donors (Lipinski definition) is 1. The average molecular weight is 247 g/mol. The topological polar surface area (TPSA) is 37.8 Å². The summed E-state index contributed by atoms with van der Waals surface area (Å²) in [5.74, 6) is 0.890. The minimum absolute atomic E-state index is 0.487. The van der Waals surface area contributed by atoms with E-state index in [-0.39, 0.29) is 0 Å². The molecule has 0 spiro atoms. The summed E-state index contributed by atoms with van der Waals surface area (Å²) in [7, 11) is 0. The third kappa shape index (κ3) is 3.91. The van der Waals surface area contributed by atoms with E-state index in [0.29, 0.717) is 6.04 Å². The second-order valence-corrected chi connectivity index (χ2v) is 5.33. The molecule has 0 fully saturated rings. The van der Waals surface area contributed by atoms with Crippen molar-refractivity contribution in [2.75, 3.05) is 0 Å². The van der Waals surface area contributed by atoms with Crippen molar-refractivity contribution in [1.82, 2.24) is 15.3 Å². The monoisotopic (exact) mass is 247 g/mol. The fraction of sp³-hybridized carbons (Fsp3) is 0.385. The number of thiophene rings is 1. The molecule has 0 radical (unpaired) electrons. The molecule has 0 atom stereocenters. The van der Waals surface area contributed by atoms with Gasteiger partial charge in [-0.15, -0.1) is 11.3 Å². The summed E-state index contributed by atoms with van der Waals surface area (Å²) in [5, 5.41) is 5.43. The molecule has 0 saturated heterocycles. The Morgan fingerprint density at radius 3 is 2.65 bits per heavy atom. The van der Waals surface area contributed by atoms with Crippen LogP contribution in [0.15, 0.2) is 29.9 Å². The molecule has 0 aliphatic heterocycles. The van der Waals surface area contributed by atoms with Crippen LogP contribution in [0, 0.1) is 0 Å². The molecule has 1 N–H and O–H groups in total. The fourth-order valence-corrected chi connectivity index (χ4v) is 2.16. The smallest absolute Gasteiger partial charge is 0.133 e. The van der Waals surface area contributed by atoms with Crippen LogP contribution in [0.2, 0.25) is 0 Å². The maximum Gasteiger partial charge on any atom is 0.133 e. The SMILES string of the molecule is CC(C)NCc1cnc(Cc2cccs2)nc1. The van der Waals surface area contributed by atoms with Crippen LogP contribution in [-0.4, -0.2) is 16.0 Å². The number of rotatable bonds is 5. The lowest BCUT2D eigenvalue weighted by Crippen LogP contribution is -2.22. The lowest BCUT2D eigenvalue weighted by molar-refractivity contribution is 0.586. The van der Waals surface area contributed by atoms with Gasteiger partial charge in [0.15, 0.2) is 0 Å². The van der Waals surface area contributed by atoms with Gasteiger partial charge in [-0.3, -0.25) is 0 Å². The van der Waals surface area contributed by atoms with Crippen molar-refractivity contribution in [1.29, 1.82) is 0 Å². The molecule has 17 heavy (non-hydrogen) atoms. The Bertz CT molecular complexity index is 434. The van der Waals surface area contributed by atoms with E-state index in [1.807, 2.05) is 12.4 Å². The molecule has 2 heterocycles. The van der Waals surface area contributed by atoms with E-state index in [1.165, 1.54) is 4.88 Å². The number of aromatic nitrogens is 2. The summed E-state index contributed by atoms with van der Waals surface area (Å²) in [5.41, 5.74) is 1.13. The van der Waals surface area contributed by atoms with Gasteiger partial charge in [-0.05, 0) is 11.4 Å². The van der Waals surface area contributed by atoms with Crippen molar-refractivity contribution in [2.45, 2.75) is 32.9 Å². The van der Waals surface area contributed by atoms with Crippen LogP contribution in [0.4, 0.5) is 0 Å². The first-order valence-corrected chi connectivity index (χ1v) is 6.67. The van der Waals surface area contributed by atoms with E-state index < -0.39 is 0 Å². The highest BCUT2D eigenvalue weighted by atomic mass is 32.1. The summed E-state index contributed by atoms with van der Waals surface area (Å²) in [6.07, 6.45) is 4.65. The molecule has 0 saturated carbocycles. The third-order valence-electron chi connectivity index (χ3n) is 2.39. The zero-order valence-electron chi connectivity index (χ0n) is 10.2. The first kappa shape index (κ1) is 12.2. The van der Waals surface area contributed by atoms with E-state index in [2.05, 4.69) is 46.6 Å². The highest BCUT2D eigenvalue weighted by Crippen LogP contribution is 2.12. The van der Waals surface area contributed by atoms with Crippen LogP contribution < -0.4 is 5.32 Å². The van der Waals surface area contributed by atoms with Gasteiger partial charge in [0.2, 0.25) is 0 Å². The van der Waals surface area contributed by atoms with Gasteiger partial charge in [0.1, 0.15) is 5.82 Å². The first-order valence-electron chi connectivity index (χ1n) is 5.79. The van der Waals surface area contributed by atoms with Crippen LogP contribution in [0.1, 0.15) is 30.1 Å². The molecule has 0 amide bonds. The third-order valence-corrected chi connectivity index (χ3v) is 3.26. The summed E-state index contributed by atoms with van der Waals surface area (Å²) in [6.45, 7) is 5.09. The van der Waals surface area contributed by atoms with Crippen molar-refractivity contribution >= 4 is 11.3 Å². The number of nitrogens with zero attached hydrogens (tertiary/aromatic N) is 2. The van der Waals surface area contributed by atoms with Gasteiger partial charge in [0, 0.05) is 41.8 Å². The van der Waals surface area contributed by atoms with Gasteiger partial charge in [-0.1, -0.05) is 19.9 Å². The molecule has 0 aliphatic rings. The van der Waals surface area contributed by atoms with Crippen LogP contribution in [0.25, 0.3) is 0 Å². The maximum absolute atomic E-state index is 4.39. The Morgan fingerprint density at radius 1 is 1.29 bits per heavy atom. The largest absolute Gasteiger partial charge is 0.310 e. The molecule has 2 rings (SSSR count). The summed E-state index contributed by atoms with van der Waals surface area (Å²) < 4.78 is 0. The van der Waals surface area contributed by atoms with Crippen LogP contribution in [-0.2, 0) is 13.0 Å².